The topological polar surface area (TPSA) is 50.2 Å². The van der Waals surface area contributed by atoms with E-state index in [1.54, 1.807) is 19.3 Å². The minimum absolute atomic E-state index is 0.387. The zero-order valence-corrected chi connectivity index (χ0v) is 9.99. The highest BCUT2D eigenvalue weighted by Crippen LogP contribution is 2.25. The van der Waals surface area contributed by atoms with E-state index in [4.69, 9.17) is 5.11 Å². The smallest absolute Gasteiger partial charge is 0.313 e. The molecule has 1 heterocycles. The summed E-state index contributed by atoms with van der Waals surface area (Å²) in [6.07, 6.45) is 5.17. The highest BCUT2D eigenvalue weighted by molar-refractivity contribution is 9.10. The van der Waals surface area contributed by atoms with Crippen LogP contribution in [0.4, 0.5) is 0 Å². The minimum Gasteiger partial charge on any atom is -0.481 e. The van der Waals surface area contributed by atoms with Gasteiger partial charge >= 0.3 is 5.97 Å². The van der Waals surface area contributed by atoms with Gasteiger partial charge in [-0.25, -0.2) is 0 Å². The van der Waals surface area contributed by atoms with E-state index in [9.17, 15) is 4.79 Å². The van der Waals surface area contributed by atoms with Crippen molar-refractivity contribution in [2.45, 2.75) is 13.3 Å². The van der Waals surface area contributed by atoms with Gasteiger partial charge in [-0.3, -0.25) is 9.78 Å². The Morgan fingerprint density at radius 1 is 1.73 bits per heavy atom. The third kappa shape index (κ3) is 2.89. The van der Waals surface area contributed by atoms with Crippen LogP contribution in [0.25, 0.3) is 0 Å². The molecule has 0 fully saturated rings. The normalized spacial score (nSPS) is 14.3. The van der Waals surface area contributed by atoms with Crippen LogP contribution in [0.5, 0.6) is 0 Å². The maximum Gasteiger partial charge on any atom is 0.313 e. The van der Waals surface area contributed by atoms with Gasteiger partial charge in [-0.1, -0.05) is 6.08 Å². The molecular weight excluding hydrogens is 258 g/mol. The lowest BCUT2D eigenvalue weighted by Crippen LogP contribution is -2.27. The second-order valence-electron chi connectivity index (χ2n) is 3.61. The molecule has 1 aromatic heterocycles. The number of carboxylic acids is 1. The maximum absolute atomic E-state index is 11.0. The lowest BCUT2D eigenvalue weighted by atomic mass is 9.84. The fourth-order valence-corrected chi connectivity index (χ4v) is 1.62. The molecule has 0 aliphatic carbocycles. The Morgan fingerprint density at radius 2 is 2.40 bits per heavy atom. The molecular formula is C11H12BrNO2. The summed E-state index contributed by atoms with van der Waals surface area (Å²) in [5, 5.41) is 9.06. The molecule has 0 aliphatic heterocycles. The minimum atomic E-state index is -0.942. The fourth-order valence-electron chi connectivity index (χ4n) is 1.21. The molecule has 0 spiro atoms. The molecule has 1 aromatic rings. The van der Waals surface area contributed by atoms with Gasteiger partial charge in [0.05, 0.1) is 5.41 Å². The van der Waals surface area contributed by atoms with Crippen molar-refractivity contribution in [2.75, 3.05) is 0 Å². The Labute approximate surface area is 97.0 Å². The third-order valence-electron chi connectivity index (χ3n) is 2.27. The molecule has 0 bridgehead atoms. The number of halogens is 1. The van der Waals surface area contributed by atoms with Crippen LogP contribution in [0.3, 0.4) is 0 Å². The van der Waals surface area contributed by atoms with Crippen LogP contribution in [0.2, 0.25) is 0 Å². The number of carboxylic acid groups (broad SMARTS) is 1. The largest absolute Gasteiger partial charge is 0.481 e. The lowest BCUT2D eigenvalue weighted by Gasteiger charge is -2.19. The van der Waals surface area contributed by atoms with Gasteiger partial charge in [0.1, 0.15) is 0 Å². The number of aliphatic carboxylic acids is 1. The molecule has 1 unspecified atom stereocenters. The van der Waals surface area contributed by atoms with Crippen LogP contribution in [-0.4, -0.2) is 16.1 Å². The fraction of sp³-hybridized carbons (Fsp3) is 0.273. The van der Waals surface area contributed by atoms with Crippen LogP contribution >= 0.6 is 15.9 Å². The summed E-state index contributed by atoms with van der Waals surface area (Å²) < 4.78 is 0.844. The number of nitrogens with zero attached hydrogens (tertiary/aromatic N) is 1. The first-order chi connectivity index (χ1) is 6.98. The number of hydrogen-bond acceptors (Lipinski definition) is 2. The van der Waals surface area contributed by atoms with Crippen molar-refractivity contribution in [1.29, 1.82) is 0 Å². The molecule has 0 radical (unpaired) electrons. The highest BCUT2D eigenvalue weighted by atomic mass is 79.9. The average molecular weight is 270 g/mol. The second kappa shape index (κ2) is 4.57. The van der Waals surface area contributed by atoms with Crippen molar-refractivity contribution in [3.05, 3.63) is 41.2 Å². The predicted octanol–water partition coefficient (Wildman–Crippen LogP) is 2.66. The van der Waals surface area contributed by atoms with E-state index in [1.165, 1.54) is 6.08 Å². The van der Waals surface area contributed by atoms with Gasteiger partial charge in [-0.05, 0) is 40.9 Å². The Bertz CT molecular complexity index is 392. The van der Waals surface area contributed by atoms with E-state index in [-0.39, 0.29) is 0 Å². The molecule has 0 amide bonds. The molecule has 4 heteroatoms. The zero-order chi connectivity index (χ0) is 11.5. The van der Waals surface area contributed by atoms with Crippen molar-refractivity contribution in [1.82, 2.24) is 4.98 Å². The van der Waals surface area contributed by atoms with Crippen molar-refractivity contribution in [3.8, 4) is 0 Å². The summed E-state index contributed by atoms with van der Waals surface area (Å²) in [5.74, 6) is -0.877. The third-order valence-corrected chi connectivity index (χ3v) is 2.71. The molecule has 1 N–H and O–H groups in total. The molecule has 0 saturated heterocycles. The van der Waals surface area contributed by atoms with Crippen LogP contribution in [0.1, 0.15) is 12.5 Å². The molecule has 15 heavy (non-hydrogen) atoms. The van der Waals surface area contributed by atoms with E-state index in [0.29, 0.717) is 6.42 Å². The molecule has 1 rings (SSSR count). The van der Waals surface area contributed by atoms with Gasteiger partial charge in [0.2, 0.25) is 0 Å². The molecule has 0 saturated carbocycles. The van der Waals surface area contributed by atoms with Gasteiger partial charge in [0.25, 0.3) is 0 Å². The summed E-state index contributed by atoms with van der Waals surface area (Å²) in [6, 6.07) is 1.86. The summed E-state index contributed by atoms with van der Waals surface area (Å²) in [4.78, 5) is 15.0. The van der Waals surface area contributed by atoms with E-state index >= 15 is 0 Å². The number of rotatable bonds is 4. The number of hydrogen-bond donors (Lipinski definition) is 1. The first kappa shape index (κ1) is 11.9. The zero-order valence-electron chi connectivity index (χ0n) is 8.40. The van der Waals surface area contributed by atoms with Crippen molar-refractivity contribution >= 4 is 21.9 Å². The standard InChI is InChI=1S/C11H12BrNO2/c1-3-11(2,10(14)15)5-8-4-9(12)7-13-6-8/h3-4,6-7H,1,5H2,2H3,(H,14,15). The van der Waals surface area contributed by atoms with Crippen molar-refractivity contribution in [2.24, 2.45) is 5.41 Å². The van der Waals surface area contributed by atoms with Crippen molar-refractivity contribution < 1.29 is 9.90 Å². The summed E-state index contributed by atoms with van der Waals surface area (Å²) in [6.45, 7) is 5.20. The predicted molar refractivity (Wildman–Crippen MR) is 61.6 cm³/mol. The maximum atomic E-state index is 11.0. The summed E-state index contributed by atoms with van der Waals surface area (Å²) in [7, 11) is 0. The van der Waals surface area contributed by atoms with Crippen molar-refractivity contribution in [3.63, 3.8) is 0 Å². The van der Waals surface area contributed by atoms with Gasteiger partial charge in [0, 0.05) is 16.9 Å². The Morgan fingerprint density at radius 3 is 2.87 bits per heavy atom. The first-order valence-electron chi connectivity index (χ1n) is 4.44. The monoisotopic (exact) mass is 269 g/mol. The van der Waals surface area contributed by atoms with Crippen LogP contribution in [-0.2, 0) is 11.2 Å². The van der Waals surface area contributed by atoms with Crippen LogP contribution in [0.15, 0.2) is 35.6 Å². The number of aromatic nitrogens is 1. The SMILES string of the molecule is C=CC(C)(Cc1cncc(Br)c1)C(=O)O. The van der Waals surface area contributed by atoms with Crippen LogP contribution < -0.4 is 0 Å². The van der Waals surface area contributed by atoms with Gasteiger partial charge in [0.15, 0.2) is 0 Å². The molecule has 1 atom stereocenters. The average Bonchev–Trinajstić information content (AvgIpc) is 2.17. The van der Waals surface area contributed by atoms with Gasteiger partial charge in [-0.15, -0.1) is 6.58 Å². The second-order valence-corrected chi connectivity index (χ2v) is 4.53. The number of pyridine rings is 1. The highest BCUT2D eigenvalue weighted by Gasteiger charge is 2.29. The first-order valence-corrected chi connectivity index (χ1v) is 5.23. The van der Waals surface area contributed by atoms with E-state index < -0.39 is 11.4 Å². The molecule has 0 aromatic carbocycles. The summed E-state index contributed by atoms with van der Waals surface area (Å²) in [5.41, 5.74) is -0.0724. The Hall–Kier alpha value is -1.16. The van der Waals surface area contributed by atoms with E-state index in [1.807, 2.05) is 6.07 Å². The number of carbonyl (C=O) groups is 1. The quantitative estimate of drug-likeness (QED) is 0.856. The van der Waals surface area contributed by atoms with E-state index in [2.05, 4.69) is 27.5 Å². The Kier molecular flexibility index (Phi) is 3.63. The lowest BCUT2D eigenvalue weighted by molar-refractivity contribution is -0.145. The van der Waals surface area contributed by atoms with E-state index in [0.717, 1.165) is 10.0 Å². The molecule has 3 nitrogen and oxygen atoms in total. The molecule has 80 valence electrons. The van der Waals surface area contributed by atoms with Gasteiger partial charge < -0.3 is 5.11 Å². The summed E-state index contributed by atoms with van der Waals surface area (Å²) >= 11 is 3.29. The van der Waals surface area contributed by atoms with Gasteiger partial charge in [-0.2, -0.15) is 0 Å². The Balaban J connectivity index is 2.93. The molecule has 0 aliphatic rings. The van der Waals surface area contributed by atoms with Crippen LogP contribution in [0, 0.1) is 5.41 Å².